The van der Waals surface area contributed by atoms with E-state index in [1.807, 2.05) is 36.1 Å². The van der Waals surface area contributed by atoms with Gasteiger partial charge in [-0.2, -0.15) is 0 Å². The zero-order valence-electron chi connectivity index (χ0n) is 21.3. The Labute approximate surface area is 202 Å². The fourth-order valence-electron chi connectivity index (χ4n) is 4.63. The molecule has 186 valence electrons. The largest absolute Gasteiger partial charge is 0.463 e. The second kappa shape index (κ2) is 11.0. The molecule has 3 rings (SSSR count). The van der Waals surface area contributed by atoms with Crippen LogP contribution in [0.25, 0.3) is 0 Å². The topological polar surface area (TPSA) is 82.2 Å². The van der Waals surface area contributed by atoms with Crippen LogP contribution in [0.3, 0.4) is 0 Å². The summed E-state index contributed by atoms with van der Waals surface area (Å²) in [6.45, 7) is 12.6. The molecular weight excluding hydrogens is 432 g/mol. The van der Waals surface area contributed by atoms with E-state index < -0.39 is 12.0 Å². The number of carbonyl (C=O) groups is 3. The van der Waals surface area contributed by atoms with Gasteiger partial charge in [0.2, 0.25) is 5.91 Å². The van der Waals surface area contributed by atoms with Crippen LogP contribution in [0.15, 0.2) is 35.5 Å². The number of hydrogen-bond donors (Lipinski definition) is 1. The number of urea groups is 1. The van der Waals surface area contributed by atoms with E-state index in [0.717, 1.165) is 11.1 Å². The average molecular weight is 471 g/mol. The van der Waals surface area contributed by atoms with Gasteiger partial charge in [-0.05, 0) is 32.3 Å². The van der Waals surface area contributed by atoms with Crippen LogP contribution in [0, 0.1) is 12.8 Å². The minimum Gasteiger partial charge on any atom is -0.463 e. The second-order valence-electron chi connectivity index (χ2n) is 9.70. The molecule has 0 radical (unpaired) electrons. The van der Waals surface area contributed by atoms with Crippen molar-refractivity contribution in [3.63, 3.8) is 0 Å². The number of esters is 1. The Bertz CT molecular complexity index is 941. The van der Waals surface area contributed by atoms with Gasteiger partial charge >= 0.3 is 12.0 Å². The van der Waals surface area contributed by atoms with Gasteiger partial charge in [-0.25, -0.2) is 9.59 Å². The number of carbonyl (C=O) groups excluding carboxylic acids is 3. The van der Waals surface area contributed by atoms with Crippen LogP contribution in [0.4, 0.5) is 4.79 Å². The summed E-state index contributed by atoms with van der Waals surface area (Å²) in [5, 5.41) is 2.96. The summed E-state index contributed by atoms with van der Waals surface area (Å²) in [5.74, 6) is 0.0824. The van der Waals surface area contributed by atoms with Gasteiger partial charge in [-0.3, -0.25) is 14.6 Å². The summed E-state index contributed by atoms with van der Waals surface area (Å²) in [5.41, 5.74) is 3.04. The third-order valence-corrected chi connectivity index (χ3v) is 6.47. The lowest BCUT2D eigenvalue weighted by atomic mass is 9.93. The SMILES string of the molecule is CCOC(=O)C1=C(CN2CCN(C(=O)CC(C)C)[C@@H](C)C2)N(C)C(=O)N[C@H]1c1ccc(C)cc1. The van der Waals surface area contributed by atoms with E-state index in [4.69, 9.17) is 4.74 Å². The van der Waals surface area contributed by atoms with Gasteiger partial charge in [0.05, 0.1) is 18.2 Å². The molecule has 2 heterocycles. The second-order valence-corrected chi connectivity index (χ2v) is 9.70. The molecule has 2 aliphatic rings. The molecule has 1 aromatic rings. The standard InChI is InChI=1S/C26H38N4O4/c1-7-34-25(32)23-21(16-29-12-13-30(19(5)15-29)22(31)14-17(2)3)28(6)26(33)27-24(23)20-10-8-18(4)9-11-20/h8-11,17,19,24H,7,12-16H2,1-6H3,(H,27,33)/t19-,24-/m0/s1. The van der Waals surface area contributed by atoms with Gasteiger partial charge in [0.25, 0.3) is 0 Å². The maximum atomic E-state index is 13.1. The summed E-state index contributed by atoms with van der Waals surface area (Å²) in [6.07, 6.45) is 0.545. The Kier molecular flexibility index (Phi) is 8.36. The van der Waals surface area contributed by atoms with E-state index in [0.29, 0.717) is 49.8 Å². The van der Waals surface area contributed by atoms with E-state index >= 15 is 0 Å². The van der Waals surface area contributed by atoms with Crippen molar-refractivity contribution in [2.45, 2.75) is 53.1 Å². The number of amides is 3. The highest BCUT2D eigenvalue weighted by atomic mass is 16.5. The maximum Gasteiger partial charge on any atom is 0.338 e. The zero-order valence-corrected chi connectivity index (χ0v) is 21.3. The van der Waals surface area contributed by atoms with Crippen molar-refractivity contribution in [1.82, 2.24) is 20.0 Å². The molecule has 0 aliphatic carbocycles. The average Bonchev–Trinajstić information content (AvgIpc) is 2.77. The molecule has 2 atom stereocenters. The molecule has 8 heteroatoms. The lowest BCUT2D eigenvalue weighted by molar-refractivity contribution is -0.139. The maximum absolute atomic E-state index is 13.1. The van der Waals surface area contributed by atoms with Crippen LogP contribution in [0.5, 0.6) is 0 Å². The Balaban J connectivity index is 1.89. The van der Waals surface area contributed by atoms with Gasteiger partial charge in [0.1, 0.15) is 0 Å². The number of benzene rings is 1. The highest BCUT2D eigenvalue weighted by Gasteiger charge is 2.38. The Morgan fingerprint density at radius 2 is 1.85 bits per heavy atom. The first-order valence-corrected chi connectivity index (χ1v) is 12.1. The van der Waals surface area contributed by atoms with Crippen LogP contribution in [0.2, 0.25) is 0 Å². The number of piperazine rings is 1. The minimum absolute atomic E-state index is 0.0577. The first-order chi connectivity index (χ1) is 16.1. The highest BCUT2D eigenvalue weighted by Crippen LogP contribution is 2.32. The number of aryl methyl sites for hydroxylation is 1. The predicted molar refractivity (Wildman–Crippen MR) is 131 cm³/mol. The predicted octanol–water partition coefficient (Wildman–Crippen LogP) is 3.09. The van der Waals surface area contributed by atoms with E-state index in [-0.39, 0.29) is 24.6 Å². The molecule has 8 nitrogen and oxygen atoms in total. The molecule has 0 aromatic heterocycles. The number of likely N-dealkylation sites (N-methyl/N-ethyl adjacent to an activating group) is 1. The Morgan fingerprint density at radius 3 is 2.44 bits per heavy atom. The van der Waals surface area contributed by atoms with Crippen molar-refractivity contribution in [3.8, 4) is 0 Å². The zero-order chi connectivity index (χ0) is 25.0. The summed E-state index contributed by atoms with van der Waals surface area (Å²) in [6, 6.07) is 7.03. The summed E-state index contributed by atoms with van der Waals surface area (Å²) in [7, 11) is 1.68. The van der Waals surface area contributed by atoms with E-state index in [1.165, 1.54) is 4.90 Å². The van der Waals surface area contributed by atoms with Gasteiger partial charge in [-0.1, -0.05) is 43.7 Å². The van der Waals surface area contributed by atoms with E-state index in [9.17, 15) is 14.4 Å². The molecule has 0 bridgehead atoms. The molecule has 0 saturated carbocycles. The number of hydrogen-bond acceptors (Lipinski definition) is 5. The molecule has 1 fully saturated rings. The summed E-state index contributed by atoms with van der Waals surface area (Å²) in [4.78, 5) is 44.3. The monoisotopic (exact) mass is 470 g/mol. The first kappa shape index (κ1) is 25.7. The van der Waals surface area contributed by atoms with Crippen molar-refractivity contribution in [3.05, 3.63) is 46.7 Å². The molecule has 1 aromatic carbocycles. The fourth-order valence-corrected chi connectivity index (χ4v) is 4.63. The molecule has 0 spiro atoms. The summed E-state index contributed by atoms with van der Waals surface area (Å²) < 4.78 is 5.42. The fraction of sp³-hybridized carbons (Fsp3) is 0.577. The van der Waals surface area contributed by atoms with E-state index in [1.54, 1.807) is 14.0 Å². The molecular formula is C26H38N4O4. The van der Waals surface area contributed by atoms with Crippen molar-refractivity contribution in [1.29, 1.82) is 0 Å². The van der Waals surface area contributed by atoms with Gasteiger partial charge in [0, 0.05) is 51.4 Å². The minimum atomic E-state index is -0.579. The third-order valence-electron chi connectivity index (χ3n) is 6.47. The first-order valence-electron chi connectivity index (χ1n) is 12.1. The summed E-state index contributed by atoms with van der Waals surface area (Å²) >= 11 is 0. The highest BCUT2D eigenvalue weighted by molar-refractivity contribution is 5.95. The molecule has 2 aliphatic heterocycles. The van der Waals surface area contributed by atoms with E-state index in [2.05, 4.69) is 31.0 Å². The Morgan fingerprint density at radius 1 is 1.18 bits per heavy atom. The molecule has 1 N–H and O–H groups in total. The number of ether oxygens (including phenoxy) is 1. The van der Waals surface area contributed by atoms with Gasteiger partial charge < -0.3 is 15.0 Å². The molecule has 34 heavy (non-hydrogen) atoms. The van der Waals surface area contributed by atoms with Crippen LogP contribution >= 0.6 is 0 Å². The van der Waals surface area contributed by atoms with Crippen LogP contribution in [0.1, 0.15) is 51.3 Å². The smallest absolute Gasteiger partial charge is 0.338 e. The lowest BCUT2D eigenvalue weighted by Gasteiger charge is -2.42. The quantitative estimate of drug-likeness (QED) is 0.620. The van der Waals surface area contributed by atoms with Gasteiger partial charge in [-0.15, -0.1) is 0 Å². The third kappa shape index (κ3) is 5.78. The Hall–Kier alpha value is -2.87. The van der Waals surface area contributed by atoms with Crippen molar-refractivity contribution in [2.75, 3.05) is 39.8 Å². The van der Waals surface area contributed by atoms with Crippen molar-refractivity contribution in [2.24, 2.45) is 5.92 Å². The van der Waals surface area contributed by atoms with Crippen LogP contribution in [-0.2, 0) is 14.3 Å². The molecule has 0 unspecified atom stereocenters. The van der Waals surface area contributed by atoms with Crippen LogP contribution < -0.4 is 5.32 Å². The molecule has 1 saturated heterocycles. The number of nitrogens with one attached hydrogen (secondary N) is 1. The van der Waals surface area contributed by atoms with Crippen molar-refractivity contribution < 1.29 is 19.1 Å². The van der Waals surface area contributed by atoms with Gasteiger partial charge in [0.15, 0.2) is 0 Å². The number of nitrogens with zero attached hydrogens (tertiary/aromatic N) is 3. The van der Waals surface area contributed by atoms with Crippen LogP contribution in [-0.4, -0.2) is 78.5 Å². The molecule has 3 amide bonds. The normalized spacial score (nSPS) is 21.7. The van der Waals surface area contributed by atoms with Crippen molar-refractivity contribution >= 4 is 17.9 Å². The number of rotatable bonds is 7. The lowest BCUT2D eigenvalue weighted by Crippen LogP contribution is -2.56.